The minimum Gasteiger partial charge on any atom is -0.349 e. The lowest BCUT2D eigenvalue weighted by Crippen LogP contribution is -2.05. The molecule has 0 aliphatic carbocycles. The van der Waals surface area contributed by atoms with Crippen molar-refractivity contribution in [2.45, 2.75) is 0 Å². The van der Waals surface area contributed by atoms with Crippen molar-refractivity contribution in [1.29, 1.82) is 0 Å². The van der Waals surface area contributed by atoms with E-state index < -0.39 is 0 Å². The van der Waals surface area contributed by atoms with Gasteiger partial charge in [0.15, 0.2) is 0 Å². The van der Waals surface area contributed by atoms with E-state index in [9.17, 15) is 4.79 Å². The number of hydrogen-bond donors (Lipinski definition) is 2. The molecule has 1 aromatic carbocycles. The van der Waals surface area contributed by atoms with Gasteiger partial charge in [-0.1, -0.05) is 11.6 Å². The summed E-state index contributed by atoms with van der Waals surface area (Å²) in [6, 6.07) is 5.40. The van der Waals surface area contributed by atoms with Crippen LogP contribution in [0.2, 0.25) is 5.02 Å². The highest BCUT2D eigenvalue weighted by Gasteiger charge is 2.07. The minimum atomic E-state index is -0.174. The molecule has 0 spiro atoms. The standard InChI is InChI=1S/C10H6ClN3O/c11-5-1-2-6-7(3-5)14-9-8(6)12-4-13-10(9)15/h1-4,14H,(H,12,13,15). The fourth-order valence-corrected chi connectivity index (χ4v) is 1.85. The molecule has 0 atom stereocenters. The Labute approximate surface area is 88.9 Å². The largest absolute Gasteiger partial charge is 0.349 e. The summed E-state index contributed by atoms with van der Waals surface area (Å²) in [7, 11) is 0. The van der Waals surface area contributed by atoms with E-state index in [1.807, 2.05) is 6.07 Å². The molecule has 0 amide bonds. The molecule has 0 radical (unpaired) electrons. The Morgan fingerprint density at radius 3 is 3.07 bits per heavy atom. The molecule has 0 unspecified atom stereocenters. The minimum absolute atomic E-state index is 0.174. The van der Waals surface area contributed by atoms with Crippen molar-refractivity contribution >= 4 is 33.5 Å². The number of halogens is 1. The van der Waals surface area contributed by atoms with Gasteiger partial charge in [0.2, 0.25) is 0 Å². The molecule has 0 saturated carbocycles. The Balaban J connectivity index is 2.63. The second-order valence-corrected chi connectivity index (χ2v) is 3.71. The predicted octanol–water partition coefficient (Wildman–Crippen LogP) is 2.06. The fraction of sp³-hybridized carbons (Fsp3) is 0. The van der Waals surface area contributed by atoms with Crippen molar-refractivity contribution in [3.8, 4) is 0 Å². The third kappa shape index (κ3) is 1.15. The maximum Gasteiger partial charge on any atom is 0.275 e. The molecule has 0 bridgehead atoms. The van der Waals surface area contributed by atoms with Gasteiger partial charge in [0.05, 0.1) is 6.33 Å². The van der Waals surface area contributed by atoms with Crippen LogP contribution in [-0.4, -0.2) is 15.0 Å². The Morgan fingerprint density at radius 2 is 2.20 bits per heavy atom. The van der Waals surface area contributed by atoms with Crippen molar-refractivity contribution in [2.75, 3.05) is 0 Å². The molecule has 0 aliphatic heterocycles. The molecule has 0 saturated heterocycles. The number of benzene rings is 1. The Hall–Kier alpha value is -1.81. The van der Waals surface area contributed by atoms with Crippen LogP contribution in [0, 0.1) is 0 Å². The zero-order valence-corrected chi connectivity index (χ0v) is 8.30. The lowest BCUT2D eigenvalue weighted by atomic mass is 10.2. The predicted molar refractivity (Wildman–Crippen MR) is 59.2 cm³/mol. The van der Waals surface area contributed by atoms with Crippen molar-refractivity contribution in [1.82, 2.24) is 15.0 Å². The van der Waals surface area contributed by atoms with Gasteiger partial charge in [-0.15, -0.1) is 0 Å². The number of H-pyrrole nitrogens is 2. The van der Waals surface area contributed by atoms with Gasteiger partial charge in [0, 0.05) is 15.9 Å². The van der Waals surface area contributed by atoms with Gasteiger partial charge in [0.25, 0.3) is 5.56 Å². The topological polar surface area (TPSA) is 61.5 Å². The highest BCUT2D eigenvalue weighted by atomic mass is 35.5. The van der Waals surface area contributed by atoms with Crippen molar-refractivity contribution < 1.29 is 0 Å². The second-order valence-electron chi connectivity index (χ2n) is 3.27. The zero-order chi connectivity index (χ0) is 10.4. The van der Waals surface area contributed by atoms with Gasteiger partial charge in [-0.05, 0) is 18.2 Å². The number of aromatic amines is 2. The van der Waals surface area contributed by atoms with Crippen molar-refractivity contribution in [3.63, 3.8) is 0 Å². The summed E-state index contributed by atoms with van der Waals surface area (Å²) >= 11 is 5.86. The smallest absolute Gasteiger partial charge is 0.275 e. The van der Waals surface area contributed by atoms with Crippen LogP contribution in [-0.2, 0) is 0 Å². The molecule has 0 fully saturated rings. The lowest BCUT2D eigenvalue weighted by Gasteiger charge is -1.90. The molecular formula is C10H6ClN3O. The number of hydrogen-bond acceptors (Lipinski definition) is 2. The summed E-state index contributed by atoms with van der Waals surface area (Å²) < 4.78 is 0. The van der Waals surface area contributed by atoms with E-state index in [1.165, 1.54) is 6.33 Å². The molecule has 4 nitrogen and oxygen atoms in total. The van der Waals surface area contributed by atoms with Gasteiger partial charge in [-0.3, -0.25) is 4.79 Å². The molecule has 74 valence electrons. The van der Waals surface area contributed by atoms with Crippen LogP contribution < -0.4 is 5.56 Å². The molecule has 2 N–H and O–H groups in total. The first-order valence-electron chi connectivity index (χ1n) is 4.40. The normalized spacial score (nSPS) is 11.3. The molecule has 3 rings (SSSR count). The molecule has 2 heterocycles. The van der Waals surface area contributed by atoms with E-state index >= 15 is 0 Å². The number of nitrogens with zero attached hydrogens (tertiary/aromatic N) is 1. The van der Waals surface area contributed by atoms with Gasteiger partial charge >= 0.3 is 0 Å². The number of fused-ring (bicyclic) bond motifs is 3. The molecule has 3 aromatic rings. The lowest BCUT2D eigenvalue weighted by molar-refractivity contribution is 1.17. The molecule has 2 aromatic heterocycles. The maximum absolute atomic E-state index is 11.5. The first-order chi connectivity index (χ1) is 7.25. The fourth-order valence-electron chi connectivity index (χ4n) is 1.68. The Morgan fingerprint density at radius 1 is 1.33 bits per heavy atom. The van der Waals surface area contributed by atoms with Crippen LogP contribution in [0.1, 0.15) is 0 Å². The monoisotopic (exact) mass is 219 g/mol. The van der Waals surface area contributed by atoms with Crippen molar-refractivity contribution in [3.05, 3.63) is 39.9 Å². The first-order valence-corrected chi connectivity index (χ1v) is 4.78. The number of rotatable bonds is 0. The van der Waals surface area contributed by atoms with E-state index in [-0.39, 0.29) is 5.56 Å². The van der Waals surface area contributed by atoms with E-state index in [0.29, 0.717) is 16.1 Å². The first kappa shape index (κ1) is 8.49. The van der Waals surface area contributed by atoms with Crippen LogP contribution >= 0.6 is 11.6 Å². The average molecular weight is 220 g/mol. The van der Waals surface area contributed by atoms with Crippen LogP contribution in [0.4, 0.5) is 0 Å². The second kappa shape index (κ2) is 2.84. The van der Waals surface area contributed by atoms with Crippen LogP contribution in [0.15, 0.2) is 29.3 Å². The molecule has 5 heteroatoms. The third-order valence-electron chi connectivity index (χ3n) is 2.35. The average Bonchev–Trinajstić information content (AvgIpc) is 2.57. The Bertz CT molecular complexity index is 713. The summed E-state index contributed by atoms with van der Waals surface area (Å²) in [4.78, 5) is 21.1. The third-order valence-corrected chi connectivity index (χ3v) is 2.58. The van der Waals surface area contributed by atoms with Crippen LogP contribution in [0.5, 0.6) is 0 Å². The van der Waals surface area contributed by atoms with Crippen LogP contribution in [0.25, 0.3) is 21.9 Å². The highest BCUT2D eigenvalue weighted by Crippen LogP contribution is 2.23. The summed E-state index contributed by atoms with van der Waals surface area (Å²) in [6.45, 7) is 0. The molecule has 15 heavy (non-hydrogen) atoms. The number of nitrogens with one attached hydrogen (secondary N) is 2. The SMILES string of the molecule is O=c1[nH]cnc2c1[nH]c1cc(Cl)ccc12. The van der Waals surface area contributed by atoms with E-state index in [1.54, 1.807) is 12.1 Å². The summed E-state index contributed by atoms with van der Waals surface area (Å²) in [6.07, 6.45) is 1.40. The van der Waals surface area contributed by atoms with E-state index in [0.717, 1.165) is 10.9 Å². The van der Waals surface area contributed by atoms with Crippen molar-refractivity contribution in [2.24, 2.45) is 0 Å². The highest BCUT2D eigenvalue weighted by molar-refractivity contribution is 6.31. The van der Waals surface area contributed by atoms with E-state index in [4.69, 9.17) is 11.6 Å². The van der Waals surface area contributed by atoms with Gasteiger partial charge in [-0.2, -0.15) is 0 Å². The molecular weight excluding hydrogens is 214 g/mol. The quantitative estimate of drug-likeness (QED) is 0.608. The molecule has 0 aliphatic rings. The van der Waals surface area contributed by atoms with E-state index in [2.05, 4.69) is 15.0 Å². The zero-order valence-electron chi connectivity index (χ0n) is 7.54. The summed E-state index contributed by atoms with van der Waals surface area (Å²) in [5, 5.41) is 1.53. The maximum atomic E-state index is 11.5. The van der Waals surface area contributed by atoms with Gasteiger partial charge in [0.1, 0.15) is 11.0 Å². The van der Waals surface area contributed by atoms with Crippen LogP contribution in [0.3, 0.4) is 0 Å². The van der Waals surface area contributed by atoms with Gasteiger partial charge in [-0.25, -0.2) is 4.98 Å². The van der Waals surface area contributed by atoms with Gasteiger partial charge < -0.3 is 9.97 Å². The summed E-state index contributed by atoms with van der Waals surface area (Å²) in [5.74, 6) is 0. The number of aromatic nitrogens is 3. The Kier molecular flexibility index (Phi) is 1.61. The summed E-state index contributed by atoms with van der Waals surface area (Å²) in [5.41, 5.74) is 1.80.